The van der Waals surface area contributed by atoms with E-state index in [4.69, 9.17) is 0 Å². The molecule has 170 valence electrons. The number of hydrogen-bond acceptors (Lipinski definition) is 4. The number of fused-ring (bicyclic) bond motifs is 3. The molecule has 0 saturated carbocycles. The lowest BCUT2D eigenvalue weighted by Crippen LogP contribution is -2.32. The molecule has 5 nitrogen and oxygen atoms in total. The van der Waals surface area contributed by atoms with E-state index >= 15 is 0 Å². The Morgan fingerprint density at radius 3 is 2.24 bits per heavy atom. The Morgan fingerprint density at radius 1 is 0.794 bits per heavy atom. The molecule has 0 spiro atoms. The van der Waals surface area contributed by atoms with Crippen molar-refractivity contribution >= 4 is 38.5 Å². The van der Waals surface area contributed by atoms with Gasteiger partial charge in [-0.1, -0.05) is 78.9 Å². The largest absolute Gasteiger partial charge is 0.312 e. The second kappa shape index (κ2) is 9.73. The quantitative estimate of drug-likeness (QED) is 0.340. The summed E-state index contributed by atoms with van der Waals surface area (Å²) in [7, 11) is -3.62. The van der Waals surface area contributed by atoms with Gasteiger partial charge in [-0.2, -0.15) is 0 Å². The first kappa shape index (κ1) is 22.2. The third-order valence-corrected chi connectivity index (χ3v) is 7.44. The van der Waals surface area contributed by atoms with Crippen LogP contribution in [0.2, 0.25) is 0 Å². The third kappa shape index (κ3) is 4.56. The minimum Gasteiger partial charge on any atom is -0.312 e. The summed E-state index contributed by atoms with van der Waals surface area (Å²) in [6, 6.07) is 23.7. The summed E-state index contributed by atoms with van der Waals surface area (Å²) in [6.45, 7) is 1.43. The summed E-state index contributed by atoms with van der Waals surface area (Å²) in [5, 5.41) is 4.81. The molecule has 6 heteroatoms. The summed E-state index contributed by atoms with van der Waals surface area (Å²) in [4.78, 5) is 4.34. The Labute approximate surface area is 199 Å². The fraction of sp³-hybridized carbons (Fsp3) is 0.107. The van der Waals surface area contributed by atoms with Gasteiger partial charge in [0, 0.05) is 42.8 Å². The number of aromatic nitrogens is 1. The van der Waals surface area contributed by atoms with Crippen molar-refractivity contribution in [2.24, 2.45) is 0 Å². The summed E-state index contributed by atoms with van der Waals surface area (Å²) in [5.74, 6) is 0. The molecule has 3 aromatic carbocycles. The first-order valence-electron chi connectivity index (χ1n) is 11.2. The molecule has 34 heavy (non-hydrogen) atoms. The monoisotopic (exact) mass is 467 g/mol. The number of pyridine rings is 1. The Morgan fingerprint density at radius 2 is 1.50 bits per heavy atom. The van der Waals surface area contributed by atoms with Gasteiger partial charge in [-0.15, -0.1) is 0 Å². The summed E-state index contributed by atoms with van der Waals surface area (Å²) < 4.78 is 28.4. The standard InChI is InChI=1S/C28H25N3O2S/c32-34(33,28-11-5-8-23-20-30-17-14-26(23)28)31-19-18-29-16-15-27-24-9-3-1-6-21(24)12-13-22-7-2-4-10-25(22)27/h1-15,17,20,29,31H,16,18-19H2. The minimum absolute atomic E-state index is 0.272. The molecule has 1 aliphatic rings. The molecule has 0 bridgehead atoms. The van der Waals surface area contributed by atoms with Gasteiger partial charge in [-0.3, -0.25) is 4.98 Å². The average molecular weight is 468 g/mol. The zero-order valence-corrected chi connectivity index (χ0v) is 19.4. The highest BCUT2D eigenvalue weighted by Gasteiger charge is 2.17. The lowest BCUT2D eigenvalue weighted by Gasteiger charge is -2.13. The lowest BCUT2D eigenvalue weighted by atomic mass is 9.93. The highest BCUT2D eigenvalue weighted by atomic mass is 32.2. The molecular weight excluding hydrogens is 442 g/mol. The molecule has 1 heterocycles. The zero-order valence-electron chi connectivity index (χ0n) is 18.6. The van der Waals surface area contributed by atoms with Crippen molar-refractivity contribution in [1.82, 2.24) is 15.0 Å². The Balaban J connectivity index is 1.26. The van der Waals surface area contributed by atoms with Gasteiger partial charge in [0.1, 0.15) is 0 Å². The van der Waals surface area contributed by atoms with Crippen molar-refractivity contribution in [3.8, 4) is 0 Å². The van der Waals surface area contributed by atoms with E-state index in [0.717, 1.165) is 5.39 Å². The SMILES string of the molecule is O=S(=O)(NCCNCC=C1c2ccccc2C=Cc2ccccc21)c1cccc2cnccc12. The van der Waals surface area contributed by atoms with Crippen molar-refractivity contribution in [2.75, 3.05) is 19.6 Å². The molecule has 0 unspecified atom stereocenters. The topological polar surface area (TPSA) is 71.1 Å². The van der Waals surface area contributed by atoms with E-state index in [1.807, 2.05) is 18.2 Å². The predicted molar refractivity (Wildman–Crippen MR) is 139 cm³/mol. The molecule has 0 aliphatic heterocycles. The summed E-state index contributed by atoms with van der Waals surface area (Å²) >= 11 is 0. The second-order valence-corrected chi connectivity index (χ2v) is 9.82. The van der Waals surface area contributed by atoms with Gasteiger partial charge in [-0.25, -0.2) is 13.1 Å². The molecule has 0 atom stereocenters. The predicted octanol–water partition coefficient (Wildman–Crippen LogP) is 4.72. The van der Waals surface area contributed by atoms with Crippen LogP contribution in [0.25, 0.3) is 28.5 Å². The van der Waals surface area contributed by atoms with Gasteiger partial charge in [0.05, 0.1) is 4.90 Å². The molecule has 0 saturated heterocycles. The fourth-order valence-corrected chi connectivity index (χ4v) is 5.53. The summed E-state index contributed by atoms with van der Waals surface area (Å²) in [6.07, 6.45) is 9.76. The molecule has 0 fully saturated rings. The van der Waals surface area contributed by atoms with Crippen LogP contribution < -0.4 is 10.0 Å². The van der Waals surface area contributed by atoms with Crippen LogP contribution in [-0.4, -0.2) is 33.0 Å². The molecule has 2 N–H and O–H groups in total. The van der Waals surface area contributed by atoms with Crippen LogP contribution in [0.15, 0.2) is 96.2 Å². The van der Waals surface area contributed by atoms with E-state index in [1.54, 1.807) is 30.6 Å². The van der Waals surface area contributed by atoms with Gasteiger partial charge in [0.15, 0.2) is 0 Å². The molecule has 1 aromatic heterocycles. The van der Waals surface area contributed by atoms with Crippen molar-refractivity contribution in [2.45, 2.75) is 4.90 Å². The highest BCUT2D eigenvalue weighted by Crippen LogP contribution is 2.33. The highest BCUT2D eigenvalue weighted by molar-refractivity contribution is 7.89. The van der Waals surface area contributed by atoms with E-state index in [9.17, 15) is 8.42 Å². The number of nitrogens with one attached hydrogen (secondary N) is 2. The maximum Gasteiger partial charge on any atom is 0.241 e. The normalized spacial score (nSPS) is 12.8. The van der Waals surface area contributed by atoms with Crippen LogP contribution in [0.5, 0.6) is 0 Å². The number of nitrogens with zero attached hydrogens (tertiary/aromatic N) is 1. The maximum atomic E-state index is 12.9. The van der Waals surface area contributed by atoms with Crippen LogP contribution in [0.4, 0.5) is 0 Å². The van der Waals surface area contributed by atoms with Crippen LogP contribution in [0.1, 0.15) is 22.3 Å². The van der Waals surface area contributed by atoms with E-state index < -0.39 is 10.0 Å². The third-order valence-electron chi connectivity index (χ3n) is 5.92. The molecule has 0 radical (unpaired) electrons. The van der Waals surface area contributed by atoms with Crippen LogP contribution in [-0.2, 0) is 10.0 Å². The van der Waals surface area contributed by atoms with Gasteiger partial charge in [0.25, 0.3) is 0 Å². The molecule has 5 rings (SSSR count). The molecular formula is C28H25N3O2S. The molecule has 4 aromatic rings. The van der Waals surface area contributed by atoms with Gasteiger partial charge in [-0.05, 0) is 40.0 Å². The number of benzene rings is 3. The summed E-state index contributed by atoms with van der Waals surface area (Å²) in [5.41, 5.74) is 5.92. The van der Waals surface area contributed by atoms with Gasteiger partial charge >= 0.3 is 0 Å². The maximum absolute atomic E-state index is 12.9. The van der Waals surface area contributed by atoms with E-state index in [-0.39, 0.29) is 4.90 Å². The van der Waals surface area contributed by atoms with E-state index in [2.05, 4.69) is 69.6 Å². The Kier molecular flexibility index (Phi) is 6.36. The Bertz CT molecular complexity index is 1450. The Hall–Kier alpha value is -3.58. The van der Waals surface area contributed by atoms with Crippen LogP contribution in [0.3, 0.4) is 0 Å². The lowest BCUT2D eigenvalue weighted by molar-refractivity contribution is 0.579. The first-order chi connectivity index (χ1) is 16.6. The second-order valence-electron chi connectivity index (χ2n) is 8.08. The smallest absolute Gasteiger partial charge is 0.241 e. The minimum atomic E-state index is -3.62. The van der Waals surface area contributed by atoms with Crippen LogP contribution in [0, 0.1) is 0 Å². The van der Waals surface area contributed by atoms with Crippen molar-refractivity contribution in [1.29, 1.82) is 0 Å². The van der Waals surface area contributed by atoms with Crippen LogP contribution >= 0.6 is 0 Å². The van der Waals surface area contributed by atoms with Gasteiger partial charge < -0.3 is 5.32 Å². The fourth-order valence-electron chi connectivity index (χ4n) is 4.27. The molecule has 1 aliphatic carbocycles. The van der Waals surface area contributed by atoms with Crippen molar-refractivity contribution in [3.63, 3.8) is 0 Å². The van der Waals surface area contributed by atoms with Gasteiger partial charge in [0.2, 0.25) is 10.0 Å². The van der Waals surface area contributed by atoms with Crippen molar-refractivity contribution in [3.05, 3.63) is 114 Å². The van der Waals surface area contributed by atoms with E-state index in [0.29, 0.717) is 25.0 Å². The zero-order chi connectivity index (χ0) is 23.4. The average Bonchev–Trinajstić information content (AvgIpc) is 3.03. The molecule has 0 amide bonds. The first-order valence-corrected chi connectivity index (χ1v) is 12.7. The number of sulfonamides is 1. The van der Waals surface area contributed by atoms with E-state index in [1.165, 1.54) is 27.8 Å². The number of rotatable bonds is 7. The number of hydrogen-bond donors (Lipinski definition) is 2. The van der Waals surface area contributed by atoms with Crippen molar-refractivity contribution < 1.29 is 8.42 Å².